The van der Waals surface area contributed by atoms with Crippen LogP contribution < -0.4 is 5.32 Å². The highest BCUT2D eigenvalue weighted by molar-refractivity contribution is 5.14. The van der Waals surface area contributed by atoms with Gasteiger partial charge in [0.15, 0.2) is 0 Å². The van der Waals surface area contributed by atoms with Crippen LogP contribution in [0.25, 0.3) is 0 Å². The van der Waals surface area contributed by atoms with Crippen LogP contribution in [0, 0.1) is 5.92 Å². The van der Waals surface area contributed by atoms with Gasteiger partial charge in [0.2, 0.25) is 0 Å². The highest BCUT2D eigenvalue weighted by Crippen LogP contribution is 2.44. The molecule has 1 heterocycles. The molecule has 1 aliphatic carbocycles. The molecule has 2 atom stereocenters. The van der Waals surface area contributed by atoms with Gasteiger partial charge >= 0.3 is 0 Å². The van der Waals surface area contributed by atoms with Crippen molar-refractivity contribution >= 4 is 0 Å². The molecule has 1 N–H and O–H groups in total. The number of nitrogens with zero attached hydrogens (tertiary/aromatic N) is 3. The fraction of sp³-hybridized carbons (Fsp3) is 0.778. The lowest BCUT2D eigenvalue weighted by Gasteiger charge is -2.05. The number of aromatic nitrogens is 3. The molecule has 1 fully saturated rings. The van der Waals surface area contributed by atoms with Gasteiger partial charge in [-0.05, 0) is 19.4 Å². The second-order valence-corrected chi connectivity index (χ2v) is 3.98. The second kappa shape index (κ2) is 3.84. The molecule has 4 nitrogen and oxygen atoms in total. The van der Waals surface area contributed by atoms with E-state index >= 15 is 0 Å². The lowest BCUT2D eigenvalue weighted by atomic mass is 10.3. The second-order valence-electron chi connectivity index (χ2n) is 3.98. The van der Waals surface area contributed by atoms with Gasteiger partial charge < -0.3 is 5.32 Å². The summed E-state index contributed by atoms with van der Waals surface area (Å²) in [5, 5.41) is 10.4. The minimum Gasteiger partial charge on any atom is -0.314 e. The molecule has 1 aromatic heterocycles. The Bertz CT molecular complexity index is 350. The molecule has 84 valence electrons. The van der Waals surface area contributed by atoms with Crippen LogP contribution in [0.4, 0.5) is 8.78 Å². The summed E-state index contributed by atoms with van der Waals surface area (Å²) in [6.45, 7) is 2.36. The van der Waals surface area contributed by atoms with Gasteiger partial charge in [0.05, 0.1) is 6.04 Å². The van der Waals surface area contributed by atoms with E-state index in [0.717, 1.165) is 6.42 Å². The zero-order valence-corrected chi connectivity index (χ0v) is 8.74. The number of halogens is 2. The fourth-order valence-electron chi connectivity index (χ4n) is 1.74. The Morgan fingerprint density at radius 3 is 2.73 bits per heavy atom. The van der Waals surface area contributed by atoms with Crippen LogP contribution in [0.2, 0.25) is 0 Å². The van der Waals surface area contributed by atoms with Crippen LogP contribution in [-0.4, -0.2) is 22.0 Å². The Morgan fingerprint density at radius 1 is 1.60 bits per heavy atom. The zero-order valence-electron chi connectivity index (χ0n) is 8.74. The van der Waals surface area contributed by atoms with Gasteiger partial charge in [0, 0.05) is 6.54 Å². The zero-order chi connectivity index (χ0) is 11.0. The molecule has 2 rings (SSSR count). The Morgan fingerprint density at radius 2 is 2.27 bits per heavy atom. The van der Waals surface area contributed by atoms with E-state index in [4.69, 9.17) is 0 Å². The first kappa shape index (κ1) is 10.5. The highest BCUT2D eigenvalue weighted by atomic mass is 19.3. The first-order valence-electron chi connectivity index (χ1n) is 5.01. The molecule has 1 aromatic rings. The molecule has 1 saturated carbocycles. The Kier molecular flexibility index (Phi) is 2.68. The van der Waals surface area contributed by atoms with Gasteiger partial charge in [-0.2, -0.15) is 0 Å². The Balaban J connectivity index is 2.29. The average Bonchev–Trinajstić information content (AvgIpc) is 2.75. The predicted molar refractivity (Wildman–Crippen MR) is 50.6 cm³/mol. The summed E-state index contributed by atoms with van der Waals surface area (Å²) in [6, 6.07) is 0.118. The van der Waals surface area contributed by atoms with E-state index < -0.39 is 6.43 Å². The molecule has 15 heavy (non-hydrogen) atoms. The normalized spacial score (nSPS) is 24.9. The van der Waals surface area contributed by atoms with E-state index in [9.17, 15) is 8.78 Å². The lowest BCUT2D eigenvalue weighted by Crippen LogP contribution is -2.10. The number of hydrogen-bond donors (Lipinski definition) is 1. The van der Waals surface area contributed by atoms with Crippen molar-refractivity contribution in [2.75, 3.05) is 7.05 Å². The van der Waals surface area contributed by atoms with E-state index in [1.165, 1.54) is 4.68 Å². The minimum atomic E-state index is -2.50. The van der Waals surface area contributed by atoms with Crippen molar-refractivity contribution in [1.82, 2.24) is 20.3 Å². The summed E-state index contributed by atoms with van der Waals surface area (Å²) < 4.78 is 27.1. The van der Waals surface area contributed by atoms with Crippen molar-refractivity contribution in [1.29, 1.82) is 0 Å². The molecule has 1 aliphatic rings. The van der Waals surface area contributed by atoms with E-state index in [1.54, 1.807) is 7.05 Å². The third-order valence-electron chi connectivity index (χ3n) is 2.74. The molecular weight excluding hydrogens is 202 g/mol. The maximum atomic E-state index is 12.8. The van der Waals surface area contributed by atoms with Crippen molar-refractivity contribution in [3.63, 3.8) is 0 Å². The monoisotopic (exact) mass is 216 g/mol. The largest absolute Gasteiger partial charge is 0.314 e. The molecule has 0 bridgehead atoms. The minimum absolute atomic E-state index is 0.0290. The maximum absolute atomic E-state index is 12.8. The van der Waals surface area contributed by atoms with Crippen LogP contribution in [0.1, 0.15) is 37.2 Å². The van der Waals surface area contributed by atoms with Crippen molar-refractivity contribution < 1.29 is 8.78 Å². The number of rotatable bonds is 4. The quantitative estimate of drug-likeness (QED) is 0.829. The number of hydrogen-bond acceptors (Lipinski definition) is 3. The van der Waals surface area contributed by atoms with Gasteiger partial charge in [-0.15, -0.1) is 5.10 Å². The highest BCUT2D eigenvalue weighted by Gasteiger charge is 2.39. The van der Waals surface area contributed by atoms with Crippen molar-refractivity contribution in [3.8, 4) is 0 Å². The van der Waals surface area contributed by atoms with Gasteiger partial charge in [-0.1, -0.05) is 12.1 Å². The van der Waals surface area contributed by atoms with E-state index in [-0.39, 0.29) is 11.7 Å². The maximum Gasteiger partial charge on any atom is 0.281 e. The van der Waals surface area contributed by atoms with Crippen LogP contribution in [0.5, 0.6) is 0 Å². The molecule has 0 spiro atoms. The van der Waals surface area contributed by atoms with Crippen molar-refractivity contribution in [2.45, 2.75) is 32.4 Å². The number of nitrogens with one attached hydrogen (secondary N) is 1. The molecule has 0 amide bonds. The van der Waals surface area contributed by atoms with Crippen LogP contribution in [0.3, 0.4) is 0 Å². The van der Waals surface area contributed by atoms with Gasteiger partial charge in [-0.25, -0.2) is 13.5 Å². The topological polar surface area (TPSA) is 42.7 Å². The van der Waals surface area contributed by atoms with E-state index in [1.807, 2.05) is 6.92 Å². The van der Waals surface area contributed by atoms with Crippen molar-refractivity contribution in [3.05, 3.63) is 11.4 Å². The molecular formula is C9H14F2N4. The summed E-state index contributed by atoms with van der Waals surface area (Å²) in [5.41, 5.74) is 0.324. The number of alkyl halides is 2. The van der Waals surface area contributed by atoms with Crippen LogP contribution >= 0.6 is 0 Å². The smallest absolute Gasteiger partial charge is 0.281 e. The van der Waals surface area contributed by atoms with E-state index in [0.29, 0.717) is 18.2 Å². The molecule has 0 aliphatic heterocycles. The standard InChI is InChI=1S/C9H14F2N4/c1-5-3-7(5)15-8(9(10)11)6(4-12-2)13-14-15/h5,7,9,12H,3-4H2,1-2H3. The molecule has 0 aromatic carbocycles. The van der Waals surface area contributed by atoms with Gasteiger partial charge in [-0.3, -0.25) is 0 Å². The van der Waals surface area contributed by atoms with E-state index in [2.05, 4.69) is 15.6 Å². The SMILES string of the molecule is CNCc1nnn(C2CC2C)c1C(F)F. The third kappa shape index (κ3) is 1.86. The molecule has 0 saturated heterocycles. The summed E-state index contributed by atoms with van der Waals surface area (Å²) >= 11 is 0. The summed E-state index contributed by atoms with van der Waals surface area (Å²) in [4.78, 5) is 0. The van der Waals surface area contributed by atoms with Crippen LogP contribution in [0.15, 0.2) is 0 Å². The molecule has 0 radical (unpaired) electrons. The van der Waals surface area contributed by atoms with Gasteiger partial charge in [0.25, 0.3) is 6.43 Å². The van der Waals surface area contributed by atoms with Gasteiger partial charge in [0.1, 0.15) is 11.4 Å². The van der Waals surface area contributed by atoms with Crippen LogP contribution in [-0.2, 0) is 6.54 Å². The first-order chi connectivity index (χ1) is 7.15. The van der Waals surface area contributed by atoms with Crippen molar-refractivity contribution in [2.24, 2.45) is 5.92 Å². The Hall–Kier alpha value is -1.04. The molecule has 6 heteroatoms. The fourth-order valence-corrected chi connectivity index (χ4v) is 1.74. The summed E-state index contributed by atoms with van der Waals surface area (Å²) in [5.74, 6) is 0.437. The lowest BCUT2D eigenvalue weighted by molar-refractivity contribution is 0.137. The Labute approximate surface area is 86.7 Å². The third-order valence-corrected chi connectivity index (χ3v) is 2.74. The first-order valence-corrected chi connectivity index (χ1v) is 5.01. The summed E-state index contributed by atoms with van der Waals surface area (Å²) in [6.07, 6.45) is -1.58. The molecule has 2 unspecified atom stereocenters. The average molecular weight is 216 g/mol. The predicted octanol–water partition coefficient (Wildman–Crippen LogP) is 1.52. The summed E-state index contributed by atoms with van der Waals surface area (Å²) in [7, 11) is 1.70.